The van der Waals surface area contributed by atoms with Crippen molar-refractivity contribution in [3.05, 3.63) is 108 Å². The van der Waals surface area contributed by atoms with Gasteiger partial charge in [-0.3, -0.25) is 0 Å². The number of hydrogen-bond donors (Lipinski definition) is 0. The first-order valence-corrected chi connectivity index (χ1v) is 22.2. The number of nitriles is 2. The summed E-state index contributed by atoms with van der Waals surface area (Å²) in [5.74, 6) is 1.86. The lowest BCUT2D eigenvalue weighted by Gasteiger charge is -2.30. The monoisotopic (exact) mass is 769 g/mol. The van der Waals surface area contributed by atoms with E-state index in [2.05, 4.69) is 50.5 Å². The zero-order valence-electron chi connectivity index (χ0n) is 35.4. The predicted octanol–water partition coefficient (Wildman–Crippen LogP) is 14.1. The highest BCUT2D eigenvalue weighted by Gasteiger charge is 2.13. The Morgan fingerprint density at radius 2 is 0.596 bits per heavy atom. The number of rotatable bonds is 30. The molecule has 0 aliphatic rings. The van der Waals surface area contributed by atoms with E-state index in [0.717, 1.165) is 59.8 Å². The first-order chi connectivity index (χ1) is 28.0. The summed E-state index contributed by atoms with van der Waals surface area (Å²) in [6, 6.07) is 36.3. The Hall–Kier alpha value is -4.58. The summed E-state index contributed by atoms with van der Waals surface area (Å²) in [5, 5.41) is 18.0. The van der Waals surface area contributed by atoms with Gasteiger partial charge in [0.25, 0.3) is 0 Å². The molecule has 304 valence electrons. The molecule has 4 rings (SSSR count). The molecule has 5 nitrogen and oxygen atoms in total. The van der Waals surface area contributed by atoms with Gasteiger partial charge in [0.2, 0.25) is 0 Å². The molecule has 0 saturated heterocycles. The van der Waals surface area contributed by atoms with Crippen molar-refractivity contribution in [2.45, 2.75) is 128 Å². The van der Waals surface area contributed by atoms with E-state index >= 15 is 0 Å². The van der Waals surface area contributed by atoms with Crippen LogP contribution >= 0.6 is 0 Å². The van der Waals surface area contributed by atoms with Crippen molar-refractivity contribution in [3.8, 4) is 45.9 Å². The second kappa shape index (κ2) is 27.1. The maximum atomic E-state index is 8.99. The van der Waals surface area contributed by atoms with Crippen LogP contribution in [0.3, 0.4) is 0 Å². The van der Waals surface area contributed by atoms with Gasteiger partial charge in [-0.25, -0.2) is 0 Å². The van der Waals surface area contributed by atoms with E-state index in [0.29, 0.717) is 11.1 Å². The van der Waals surface area contributed by atoms with Gasteiger partial charge in [-0.1, -0.05) is 138 Å². The lowest BCUT2D eigenvalue weighted by Crippen LogP contribution is -2.41. The van der Waals surface area contributed by atoms with Gasteiger partial charge in [-0.05, 0) is 109 Å². The molecule has 0 atom stereocenters. The zero-order chi connectivity index (χ0) is 40.2. The first kappa shape index (κ1) is 45.1. The number of ether oxygens (including phenoxy) is 2. The van der Waals surface area contributed by atoms with E-state index < -0.39 is 0 Å². The maximum absolute atomic E-state index is 8.99. The third-order valence-electron chi connectivity index (χ3n) is 11.3. The van der Waals surface area contributed by atoms with Gasteiger partial charge in [0.1, 0.15) is 11.5 Å². The summed E-state index contributed by atoms with van der Waals surface area (Å²) >= 11 is 0. The van der Waals surface area contributed by atoms with Crippen LogP contribution in [0.25, 0.3) is 22.3 Å². The Bertz CT molecular complexity index is 1590. The van der Waals surface area contributed by atoms with E-state index in [-0.39, 0.29) is 0 Å². The molecule has 0 N–H and O–H groups in total. The molecule has 0 aromatic heterocycles. The average molecular weight is 769 g/mol. The van der Waals surface area contributed by atoms with E-state index in [1.807, 2.05) is 72.8 Å². The van der Waals surface area contributed by atoms with E-state index in [1.54, 1.807) is 0 Å². The average Bonchev–Trinajstić information content (AvgIpc) is 3.24. The molecule has 0 radical (unpaired) electrons. The molecule has 0 heterocycles. The van der Waals surface area contributed by atoms with Crippen LogP contribution in [0.2, 0.25) is 0 Å². The lowest BCUT2D eigenvalue weighted by atomic mass is 10.0. The fourth-order valence-corrected chi connectivity index (χ4v) is 7.57. The molecule has 0 fully saturated rings. The minimum absolute atomic E-state index is 0.687. The molecule has 4 aromatic carbocycles. The number of nitrogens with zero attached hydrogens (tertiary/aromatic N) is 3. The summed E-state index contributed by atoms with van der Waals surface area (Å²) in [6.07, 6.45) is 26.6. The molecule has 4 aromatic rings. The van der Waals surface area contributed by atoms with Crippen LogP contribution in [-0.4, -0.2) is 44.9 Å². The summed E-state index contributed by atoms with van der Waals surface area (Å²) in [4.78, 5) is 0. The summed E-state index contributed by atoms with van der Waals surface area (Å²) < 4.78 is 13.1. The molecule has 5 heteroatoms. The summed E-state index contributed by atoms with van der Waals surface area (Å²) in [6.45, 7) is 4.21. The largest absolute Gasteiger partial charge is 0.494 e. The quantitative estimate of drug-likeness (QED) is 0.0391. The number of quaternary nitrogens is 1. The Morgan fingerprint density at radius 1 is 0.351 bits per heavy atom. The van der Waals surface area contributed by atoms with Crippen molar-refractivity contribution in [2.75, 3.05) is 40.4 Å². The van der Waals surface area contributed by atoms with Gasteiger partial charge in [0, 0.05) is 0 Å². The van der Waals surface area contributed by atoms with Crippen molar-refractivity contribution < 1.29 is 14.0 Å². The van der Waals surface area contributed by atoms with Crippen LogP contribution in [-0.2, 0) is 0 Å². The standard InChI is InChI=1S/C52H70N3O2/c1-55(2,39-19-15-11-7-3-5-9-13-17-21-41-56-51-35-31-49(32-36-51)47-27-23-45(43-53)24-28-47)40-20-16-12-8-4-6-10-14-18-22-42-57-52-37-33-50(34-38-52)48-29-25-46(44-54)26-30-48/h23-38H,3-22,39-42H2,1-2H3/q+1. The number of benzene rings is 4. The zero-order valence-corrected chi connectivity index (χ0v) is 35.4. The molecule has 0 unspecified atom stereocenters. The minimum atomic E-state index is 0.687. The van der Waals surface area contributed by atoms with Gasteiger partial charge in [-0.2, -0.15) is 10.5 Å². The Kier molecular flexibility index (Phi) is 21.5. The van der Waals surface area contributed by atoms with Crippen LogP contribution in [0.4, 0.5) is 0 Å². The third kappa shape index (κ3) is 18.9. The van der Waals surface area contributed by atoms with Gasteiger partial charge < -0.3 is 14.0 Å². The maximum Gasteiger partial charge on any atom is 0.119 e. The van der Waals surface area contributed by atoms with Crippen molar-refractivity contribution in [1.29, 1.82) is 10.5 Å². The van der Waals surface area contributed by atoms with Crippen LogP contribution in [0.15, 0.2) is 97.1 Å². The smallest absolute Gasteiger partial charge is 0.119 e. The van der Waals surface area contributed by atoms with Crippen LogP contribution in [0.1, 0.15) is 140 Å². The molecule has 0 aliphatic heterocycles. The normalized spacial score (nSPS) is 11.2. The van der Waals surface area contributed by atoms with E-state index in [9.17, 15) is 0 Å². The second-order valence-electron chi connectivity index (χ2n) is 16.6. The molecular formula is C52H70N3O2+. The lowest BCUT2D eigenvalue weighted by molar-refractivity contribution is -0.890. The first-order valence-electron chi connectivity index (χ1n) is 22.2. The van der Waals surface area contributed by atoms with E-state index in [4.69, 9.17) is 20.0 Å². The number of hydrogen-bond acceptors (Lipinski definition) is 4. The van der Waals surface area contributed by atoms with Gasteiger partial charge >= 0.3 is 0 Å². The van der Waals surface area contributed by atoms with Crippen molar-refractivity contribution >= 4 is 0 Å². The van der Waals surface area contributed by atoms with Crippen molar-refractivity contribution in [2.24, 2.45) is 0 Å². The van der Waals surface area contributed by atoms with Crippen molar-refractivity contribution in [1.82, 2.24) is 0 Å². The Labute approximate surface area is 346 Å². The minimum Gasteiger partial charge on any atom is -0.494 e. The van der Waals surface area contributed by atoms with Crippen LogP contribution in [0, 0.1) is 22.7 Å². The van der Waals surface area contributed by atoms with Gasteiger partial charge in [-0.15, -0.1) is 0 Å². The molecule has 57 heavy (non-hydrogen) atoms. The Morgan fingerprint density at radius 3 is 0.877 bits per heavy atom. The van der Waals surface area contributed by atoms with Gasteiger partial charge in [0.15, 0.2) is 0 Å². The fraction of sp³-hybridized carbons (Fsp3) is 0.500. The molecular weight excluding hydrogens is 699 g/mol. The summed E-state index contributed by atoms with van der Waals surface area (Å²) in [7, 11) is 4.86. The van der Waals surface area contributed by atoms with Crippen LogP contribution in [0.5, 0.6) is 11.5 Å². The third-order valence-corrected chi connectivity index (χ3v) is 11.3. The highest BCUT2D eigenvalue weighted by Crippen LogP contribution is 2.25. The number of unbranched alkanes of at least 4 members (excludes halogenated alkanes) is 18. The Balaban J connectivity index is 0.854. The molecule has 0 bridgehead atoms. The van der Waals surface area contributed by atoms with Crippen molar-refractivity contribution in [3.63, 3.8) is 0 Å². The highest BCUT2D eigenvalue weighted by molar-refractivity contribution is 5.65. The highest BCUT2D eigenvalue weighted by atomic mass is 16.5. The fourth-order valence-electron chi connectivity index (χ4n) is 7.57. The van der Waals surface area contributed by atoms with E-state index in [1.165, 1.54) is 133 Å². The molecule has 0 aliphatic carbocycles. The van der Waals surface area contributed by atoms with Crippen LogP contribution < -0.4 is 9.47 Å². The molecule has 0 amide bonds. The SMILES string of the molecule is C[N+](C)(CCCCCCCCCCCCOc1ccc(-c2ccc(C#N)cc2)cc1)CCCCCCCCCCCCOc1ccc(-c2ccc(C#N)cc2)cc1. The predicted molar refractivity (Wildman–Crippen MR) is 238 cm³/mol. The molecule has 0 spiro atoms. The molecule has 0 saturated carbocycles. The second-order valence-corrected chi connectivity index (χ2v) is 16.6. The summed E-state index contributed by atoms with van der Waals surface area (Å²) in [5.41, 5.74) is 5.89. The topological polar surface area (TPSA) is 66.0 Å². The van der Waals surface area contributed by atoms with Gasteiger partial charge in [0.05, 0.1) is 63.7 Å².